The lowest BCUT2D eigenvalue weighted by molar-refractivity contribution is -0.117. The number of hydrogen-bond donors (Lipinski definition) is 1. The third-order valence-corrected chi connectivity index (χ3v) is 5.76. The average Bonchev–Trinajstić information content (AvgIpc) is 2.70. The van der Waals surface area contributed by atoms with Crippen LogP contribution in [0.25, 0.3) is 10.9 Å². The maximum absolute atomic E-state index is 13.0. The molecule has 28 heavy (non-hydrogen) atoms. The van der Waals surface area contributed by atoms with E-state index in [-0.39, 0.29) is 11.7 Å². The molecule has 0 unspecified atom stereocenters. The van der Waals surface area contributed by atoms with Crippen molar-refractivity contribution >= 4 is 22.5 Å². The molecule has 1 amide bonds. The molecule has 3 nitrogen and oxygen atoms in total. The zero-order valence-corrected chi connectivity index (χ0v) is 16.1. The van der Waals surface area contributed by atoms with Gasteiger partial charge >= 0.3 is 0 Å². The van der Waals surface area contributed by atoms with Crippen LogP contribution in [0.3, 0.4) is 0 Å². The summed E-state index contributed by atoms with van der Waals surface area (Å²) in [6, 6.07) is 16.5. The Labute approximate surface area is 165 Å². The van der Waals surface area contributed by atoms with Crippen LogP contribution < -0.4 is 5.32 Å². The normalized spacial score (nSPS) is 19.5. The van der Waals surface area contributed by atoms with Gasteiger partial charge in [-0.1, -0.05) is 18.2 Å². The molecule has 0 aliphatic heterocycles. The van der Waals surface area contributed by atoms with E-state index in [9.17, 15) is 9.18 Å². The molecule has 0 saturated heterocycles. The van der Waals surface area contributed by atoms with Crippen LogP contribution in [0.4, 0.5) is 10.1 Å². The molecule has 2 aromatic carbocycles. The standard InChI is InChI=1S/C24H25FN2O/c1-16-14-22(21-4-2-3-5-23(21)26-16)18-8-6-17(7-9-18)15-24(28)27-20-12-10-19(25)11-13-20/h2-5,10-14,17-18H,6-9,15H2,1H3,(H,27,28)/t17-,18-. The summed E-state index contributed by atoms with van der Waals surface area (Å²) >= 11 is 0. The topological polar surface area (TPSA) is 42.0 Å². The molecule has 0 atom stereocenters. The highest BCUT2D eigenvalue weighted by Crippen LogP contribution is 2.39. The third-order valence-electron chi connectivity index (χ3n) is 5.76. The second-order valence-electron chi connectivity index (χ2n) is 7.85. The maximum atomic E-state index is 13.0. The number of halogens is 1. The highest BCUT2D eigenvalue weighted by molar-refractivity contribution is 5.90. The first-order valence-corrected chi connectivity index (χ1v) is 10.00. The minimum Gasteiger partial charge on any atom is -0.326 e. The lowest BCUT2D eigenvalue weighted by Crippen LogP contribution is -2.20. The van der Waals surface area contributed by atoms with E-state index >= 15 is 0 Å². The average molecular weight is 376 g/mol. The Balaban J connectivity index is 1.37. The van der Waals surface area contributed by atoms with Gasteiger partial charge in [0.15, 0.2) is 0 Å². The first kappa shape index (κ1) is 18.6. The Hall–Kier alpha value is -2.75. The second kappa shape index (κ2) is 8.09. The van der Waals surface area contributed by atoms with Gasteiger partial charge < -0.3 is 5.32 Å². The van der Waals surface area contributed by atoms with E-state index < -0.39 is 0 Å². The number of pyridine rings is 1. The van der Waals surface area contributed by atoms with E-state index in [1.807, 2.05) is 6.07 Å². The van der Waals surface area contributed by atoms with E-state index in [4.69, 9.17) is 0 Å². The first-order valence-electron chi connectivity index (χ1n) is 10.00. The molecule has 0 radical (unpaired) electrons. The van der Waals surface area contributed by atoms with E-state index in [0.29, 0.717) is 23.9 Å². The van der Waals surface area contributed by atoms with Gasteiger partial charge in [-0.3, -0.25) is 9.78 Å². The summed E-state index contributed by atoms with van der Waals surface area (Å²) in [5.41, 5.74) is 4.18. The van der Waals surface area contributed by atoms with Crippen LogP contribution in [0.5, 0.6) is 0 Å². The fourth-order valence-corrected chi connectivity index (χ4v) is 4.36. The molecule has 0 bridgehead atoms. The molecule has 1 aromatic heterocycles. The molecule has 1 aliphatic rings. The number of aryl methyl sites for hydroxylation is 1. The second-order valence-corrected chi connectivity index (χ2v) is 7.85. The molecule has 1 N–H and O–H groups in total. The molecule has 1 fully saturated rings. The summed E-state index contributed by atoms with van der Waals surface area (Å²) in [7, 11) is 0. The predicted molar refractivity (Wildman–Crippen MR) is 111 cm³/mol. The maximum Gasteiger partial charge on any atom is 0.224 e. The predicted octanol–water partition coefficient (Wildman–Crippen LogP) is 5.98. The number of anilines is 1. The van der Waals surface area contributed by atoms with Crippen molar-refractivity contribution in [2.45, 2.75) is 44.9 Å². The van der Waals surface area contributed by atoms with Crippen molar-refractivity contribution in [3.05, 3.63) is 71.7 Å². The Morgan fingerprint density at radius 2 is 1.79 bits per heavy atom. The number of aromatic nitrogens is 1. The van der Waals surface area contributed by atoms with Gasteiger partial charge in [0.2, 0.25) is 5.91 Å². The molecule has 144 valence electrons. The van der Waals surface area contributed by atoms with Gasteiger partial charge in [-0.25, -0.2) is 4.39 Å². The number of hydrogen-bond acceptors (Lipinski definition) is 2. The van der Waals surface area contributed by atoms with Crippen molar-refractivity contribution in [2.24, 2.45) is 5.92 Å². The molecule has 3 aromatic rings. The lowest BCUT2D eigenvalue weighted by atomic mass is 9.76. The molecule has 1 saturated carbocycles. The summed E-state index contributed by atoms with van der Waals surface area (Å²) in [6.45, 7) is 2.06. The number of para-hydroxylation sites is 1. The zero-order valence-electron chi connectivity index (χ0n) is 16.1. The van der Waals surface area contributed by atoms with Crippen LogP contribution in [0.15, 0.2) is 54.6 Å². The highest BCUT2D eigenvalue weighted by atomic mass is 19.1. The Morgan fingerprint density at radius 3 is 2.54 bits per heavy atom. The van der Waals surface area contributed by atoms with Crippen LogP contribution in [0.1, 0.15) is 49.3 Å². The molecule has 1 heterocycles. The number of nitrogens with zero attached hydrogens (tertiary/aromatic N) is 1. The van der Waals surface area contributed by atoms with E-state index in [1.54, 1.807) is 12.1 Å². The van der Waals surface area contributed by atoms with Crippen molar-refractivity contribution < 1.29 is 9.18 Å². The fourth-order valence-electron chi connectivity index (χ4n) is 4.36. The van der Waals surface area contributed by atoms with E-state index in [2.05, 4.69) is 41.5 Å². The third kappa shape index (κ3) is 4.22. The van der Waals surface area contributed by atoms with E-state index in [0.717, 1.165) is 36.9 Å². The minimum absolute atomic E-state index is 0.0141. The highest BCUT2D eigenvalue weighted by Gasteiger charge is 2.25. The fraction of sp³-hybridized carbons (Fsp3) is 0.333. The number of rotatable bonds is 4. The van der Waals surface area contributed by atoms with Gasteiger partial charge in [-0.05, 0) is 86.4 Å². The molecule has 0 spiro atoms. The van der Waals surface area contributed by atoms with Gasteiger partial charge in [0.1, 0.15) is 5.82 Å². The monoisotopic (exact) mass is 376 g/mol. The first-order chi connectivity index (χ1) is 13.6. The number of carbonyl (C=O) groups excluding carboxylic acids is 1. The summed E-state index contributed by atoms with van der Waals surface area (Å²) in [4.78, 5) is 17.0. The number of carbonyl (C=O) groups is 1. The number of benzene rings is 2. The summed E-state index contributed by atoms with van der Waals surface area (Å²) in [5.74, 6) is 0.657. The van der Waals surface area contributed by atoms with E-state index in [1.165, 1.54) is 23.1 Å². The molecule has 4 rings (SSSR count). The van der Waals surface area contributed by atoms with Gasteiger partial charge in [-0.15, -0.1) is 0 Å². The van der Waals surface area contributed by atoms with Gasteiger partial charge in [0.05, 0.1) is 5.52 Å². The van der Waals surface area contributed by atoms with Gasteiger partial charge in [0, 0.05) is 23.2 Å². The van der Waals surface area contributed by atoms with Crippen molar-refractivity contribution in [1.82, 2.24) is 4.98 Å². The number of amides is 1. The van der Waals surface area contributed by atoms with Crippen LogP contribution in [0.2, 0.25) is 0 Å². The smallest absolute Gasteiger partial charge is 0.224 e. The molecular formula is C24H25FN2O. The van der Waals surface area contributed by atoms with Gasteiger partial charge in [-0.2, -0.15) is 0 Å². The van der Waals surface area contributed by atoms with Crippen LogP contribution in [-0.4, -0.2) is 10.9 Å². The summed E-state index contributed by atoms with van der Waals surface area (Å²) < 4.78 is 13.0. The number of nitrogens with one attached hydrogen (secondary N) is 1. The minimum atomic E-state index is -0.296. The van der Waals surface area contributed by atoms with Crippen molar-refractivity contribution in [1.29, 1.82) is 0 Å². The van der Waals surface area contributed by atoms with Crippen LogP contribution in [0, 0.1) is 18.7 Å². The summed E-state index contributed by atoms with van der Waals surface area (Å²) in [5, 5.41) is 4.13. The zero-order chi connectivity index (χ0) is 19.5. The van der Waals surface area contributed by atoms with Crippen molar-refractivity contribution in [3.63, 3.8) is 0 Å². The Kier molecular flexibility index (Phi) is 5.38. The SMILES string of the molecule is Cc1cc([C@H]2CC[C@H](CC(=O)Nc3ccc(F)cc3)CC2)c2ccccc2n1. The van der Waals surface area contributed by atoms with Crippen molar-refractivity contribution in [3.8, 4) is 0 Å². The largest absolute Gasteiger partial charge is 0.326 e. The summed E-state index contributed by atoms with van der Waals surface area (Å²) in [6.07, 6.45) is 4.83. The van der Waals surface area contributed by atoms with Gasteiger partial charge in [0.25, 0.3) is 0 Å². The lowest BCUT2D eigenvalue weighted by Gasteiger charge is -2.29. The molecule has 1 aliphatic carbocycles. The Bertz CT molecular complexity index is 976. The Morgan fingerprint density at radius 1 is 1.07 bits per heavy atom. The molecule has 4 heteroatoms. The molecular weight excluding hydrogens is 351 g/mol. The van der Waals surface area contributed by atoms with Crippen LogP contribution >= 0.6 is 0 Å². The van der Waals surface area contributed by atoms with Crippen LogP contribution in [-0.2, 0) is 4.79 Å². The quantitative estimate of drug-likeness (QED) is 0.608. The number of fused-ring (bicyclic) bond motifs is 1. The van der Waals surface area contributed by atoms with Crippen molar-refractivity contribution in [2.75, 3.05) is 5.32 Å².